The first-order chi connectivity index (χ1) is 7.99. The van der Waals surface area contributed by atoms with Gasteiger partial charge in [-0.25, -0.2) is 5.10 Å². The molecule has 0 saturated carbocycles. The third-order valence-corrected chi connectivity index (χ3v) is 1.96. The lowest BCUT2D eigenvalue weighted by molar-refractivity contribution is -0.389. The average molecular weight is 234 g/mol. The maximum absolute atomic E-state index is 9.75. The number of hydrogen-bond donors (Lipinski definition) is 1. The first-order valence-electron chi connectivity index (χ1n) is 5.05. The number of nitrogens with zero attached hydrogens (tertiary/aromatic N) is 3. The highest BCUT2D eigenvalue weighted by atomic mass is 16.6. The molecular weight excluding hydrogens is 220 g/mol. The van der Waals surface area contributed by atoms with Gasteiger partial charge in [-0.1, -0.05) is 34.9 Å². The average Bonchev–Trinajstić information content (AvgIpc) is 2.68. The van der Waals surface area contributed by atoms with Crippen molar-refractivity contribution in [3.05, 3.63) is 51.2 Å². The van der Waals surface area contributed by atoms with Crippen molar-refractivity contribution in [1.82, 2.24) is 15.4 Å². The molecule has 0 saturated heterocycles. The quantitative estimate of drug-likeness (QED) is 0.606. The SMILES string of the molecule is Cc1cc(C)cc(C)c1.O=[N+]([O-])c1c[nH]nn1. The first kappa shape index (κ1) is 12.8. The van der Waals surface area contributed by atoms with Crippen LogP contribution in [0.4, 0.5) is 5.82 Å². The van der Waals surface area contributed by atoms with Gasteiger partial charge in [0.1, 0.15) is 11.3 Å². The Morgan fingerprint density at radius 1 is 1.12 bits per heavy atom. The number of nitrogens with one attached hydrogen (secondary N) is 1. The molecule has 0 aliphatic carbocycles. The van der Waals surface area contributed by atoms with E-state index in [2.05, 4.69) is 54.4 Å². The second-order valence-electron chi connectivity index (χ2n) is 3.75. The van der Waals surface area contributed by atoms with Gasteiger partial charge in [0.15, 0.2) is 0 Å². The summed E-state index contributed by atoms with van der Waals surface area (Å²) in [4.78, 5) is 9.12. The number of benzene rings is 1. The van der Waals surface area contributed by atoms with Crippen LogP contribution in [0.1, 0.15) is 16.7 Å². The molecule has 0 aliphatic heterocycles. The zero-order valence-corrected chi connectivity index (χ0v) is 9.97. The smallest absolute Gasteiger partial charge is 0.358 e. The molecule has 0 aliphatic rings. The summed E-state index contributed by atoms with van der Waals surface area (Å²) in [6.45, 7) is 6.38. The minimum Gasteiger partial charge on any atom is -0.358 e. The largest absolute Gasteiger partial charge is 0.410 e. The van der Waals surface area contributed by atoms with Crippen molar-refractivity contribution in [3.63, 3.8) is 0 Å². The predicted molar refractivity (Wildman–Crippen MR) is 63.7 cm³/mol. The first-order valence-corrected chi connectivity index (χ1v) is 5.05. The zero-order valence-electron chi connectivity index (χ0n) is 9.97. The second-order valence-corrected chi connectivity index (χ2v) is 3.75. The fraction of sp³-hybridized carbons (Fsp3) is 0.273. The fourth-order valence-electron chi connectivity index (χ4n) is 1.49. The lowest BCUT2D eigenvalue weighted by atomic mass is 10.1. The number of aromatic nitrogens is 3. The molecule has 0 atom stereocenters. The van der Waals surface area contributed by atoms with E-state index in [1.165, 1.54) is 16.7 Å². The highest BCUT2D eigenvalue weighted by molar-refractivity contribution is 5.27. The minimum atomic E-state index is -0.622. The van der Waals surface area contributed by atoms with Gasteiger partial charge in [0.05, 0.1) is 0 Å². The molecule has 1 N–H and O–H groups in total. The van der Waals surface area contributed by atoms with Crippen molar-refractivity contribution in [2.75, 3.05) is 0 Å². The minimum absolute atomic E-state index is 0.259. The number of hydrogen-bond acceptors (Lipinski definition) is 4. The van der Waals surface area contributed by atoms with Crippen LogP contribution in [-0.2, 0) is 0 Å². The molecule has 1 heterocycles. The third-order valence-electron chi connectivity index (χ3n) is 1.96. The van der Waals surface area contributed by atoms with Gasteiger partial charge in [0.2, 0.25) is 0 Å². The van der Waals surface area contributed by atoms with Gasteiger partial charge in [-0.3, -0.25) is 0 Å². The Balaban J connectivity index is 0.000000171. The molecule has 6 nitrogen and oxygen atoms in total. The molecular formula is C11H14N4O2. The number of nitro groups is 1. The number of rotatable bonds is 1. The number of aromatic amines is 1. The number of aryl methyl sites for hydroxylation is 3. The molecule has 0 amide bonds. The monoisotopic (exact) mass is 234 g/mol. The van der Waals surface area contributed by atoms with Gasteiger partial charge in [-0.15, -0.1) is 0 Å². The predicted octanol–water partition coefficient (Wildman–Crippen LogP) is 2.32. The summed E-state index contributed by atoms with van der Waals surface area (Å²) in [5.41, 5.74) is 4.06. The summed E-state index contributed by atoms with van der Waals surface area (Å²) in [5, 5.41) is 18.2. The van der Waals surface area contributed by atoms with E-state index in [9.17, 15) is 10.1 Å². The van der Waals surface area contributed by atoms with Gasteiger partial charge in [0.25, 0.3) is 0 Å². The van der Waals surface area contributed by atoms with E-state index in [0.29, 0.717) is 0 Å². The maximum atomic E-state index is 9.75. The van der Waals surface area contributed by atoms with E-state index in [1.807, 2.05) is 0 Å². The Kier molecular flexibility index (Phi) is 4.33. The van der Waals surface area contributed by atoms with Gasteiger partial charge >= 0.3 is 5.82 Å². The highest BCUT2D eigenvalue weighted by Gasteiger charge is 2.05. The molecule has 17 heavy (non-hydrogen) atoms. The molecule has 1 aromatic heterocycles. The summed E-state index contributed by atoms with van der Waals surface area (Å²) in [6, 6.07) is 6.56. The van der Waals surface area contributed by atoms with E-state index in [0.717, 1.165) is 6.20 Å². The van der Waals surface area contributed by atoms with Crippen molar-refractivity contribution >= 4 is 5.82 Å². The Morgan fingerprint density at radius 3 is 1.82 bits per heavy atom. The van der Waals surface area contributed by atoms with E-state index in [4.69, 9.17) is 0 Å². The fourth-order valence-corrected chi connectivity index (χ4v) is 1.49. The maximum Gasteiger partial charge on any atom is 0.410 e. The van der Waals surface area contributed by atoms with Crippen LogP contribution in [0.25, 0.3) is 0 Å². The van der Waals surface area contributed by atoms with E-state index >= 15 is 0 Å². The van der Waals surface area contributed by atoms with Crippen LogP contribution < -0.4 is 0 Å². The molecule has 0 radical (unpaired) electrons. The van der Waals surface area contributed by atoms with Gasteiger partial charge in [0, 0.05) is 5.21 Å². The second kappa shape index (κ2) is 5.74. The topological polar surface area (TPSA) is 84.7 Å². The highest BCUT2D eigenvalue weighted by Crippen LogP contribution is 2.06. The van der Waals surface area contributed by atoms with Gasteiger partial charge in [-0.05, 0) is 25.7 Å². The molecule has 0 spiro atoms. The van der Waals surface area contributed by atoms with Gasteiger partial charge in [-0.2, -0.15) is 0 Å². The van der Waals surface area contributed by atoms with E-state index in [-0.39, 0.29) is 5.82 Å². The molecule has 90 valence electrons. The molecule has 2 aromatic rings. The van der Waals surface area contributed by atoms with Crippen LogP contribution in [0.3, 0.4) is 0 Å². The third kappa shape index (κ3) is 4.42. The summed E-state index contributed by atoms with van der Waals surface area (Å²) >= 11 is 0. The van der Waals surface area contributed by atoms with Gasteiger partial charge < -0.3 is 10.1 Å². The Morgan fingerprint density at radius 2 is 1.59 bits per heavy atom. The number of H-pyrrole nitrogens is 1. The van der Waals surface area contributed by atoms with Crippen LogP contribution in [0.5, 0.6) is 0 Å². The Hall–Kier alpha value is -2.24. The van der Waals surface area contributed by atoms with Crippen LogP contribution in [-0.4, -0.2) is 20.3 Å². The molecule has 1 aromatic carbocycles. The van der Waals surface area contributed by atoms with Crippen molar-refractivity contribution < 1.29 is 4.92 Å². The summed E-state index contributed by atoms with van der Waals surface area (Å²) in [7, 11) is 0. The van der Waals surface area contributed by atoms with E-state index in [1.54, 1.807) is 0 Å². The molecule has 0 fully saturated rings. The Bertz CT molecular complexity index is 444. The van der Waals surface area contributed by atoms with Crippen molar-refractivity contribution in [2.24, 2.45) is 0 Å². The van der Waals surface area contributed by atoms with E-state index < -0.39 is 4.92 Å². The standard InChI is InChI=1S/C9H12.C2H2N4O2/c1-7-4-8(2)6-9(3)5-7;7-6(8)2-1-3-5-4-2/h4-6H,1-3H3;1H,(H,3,4,5). The van der Waals surface area contributed by atoms with Crippen molar-refractivity contribution in [2.45, 2.75) is 20.8 Å². The molecule has 6 heteroatoms. The lowest BCUT2D eigenvalue weighted by Crippen LogP contribution is -1.86. The molecule has 0 bridgehead atoms. The summed E-state index contributed by atoms with van der Waals surface area (Å²) in [5.74, 6) is -0.259. The van der Waals surface area contributed by atoms with Crippen molar-refractivity contribution in [1.29, 1.82) is 0 Å². The lowest BCUT2D eigenvalue weighted by Gasteiger charge is -1.96. The van der Waals surface area contributed by atoms with Crippen LogP contribution in [0.2, 0.25) is 0 Å². The summed E-state index contributed by atoms with van der Waals surface area (Å²) in [6.07, 6.45) is 1.11. The molecule has 0 unspecified atom stereocenters. The zero-order chi connectivity index (χ0) is 12.8. The summed E-state index contributed by atoms with van der Waals surface area (Å²) < 4.78 is 0. The van der Waals surface area contributed by atoms with Crippen molar-refractivity contribution in [3.8, 4) is 0 Å². The van der Waals surface area contributed by atoms with Crippen LogP contribution >= 0.6 is 0 Å². The van der Waals surface area contributed by atoms with Crippen LogP contribution in [0, 0.1) is 30.9 Å². The Labute approximate surface area is 98.8 Å². The molecule has 2 rings (SSSR count). The van der Waals surface area contributed by atoms with Crippen LogP contribution in [0.15, 0.2) is 24.4 Å². The normalized spacial score (nSPS) is 9.35.